The molecule has 0 saturated heterocycles. The predicted octanol–water partition coefficient (Wildman–Crippen LogP) is 2.77. The number of hydrogen-bond acceptors (Lipinski definition) is 4. The van der Waals surface area contributed by atoms with Crippen LogP contribution in [0.4, 0.5) is 4.79 Å². The molecule has 6 unspecified atom stereocenters. The zero-order chi connectivity index (χ0) is 20.7. The summed E-state index contributed by atoms with van der Waals surface area (Å²) in [5.41, 5.74) is 0.924. The number of nitrogens with one attached hydrogen (secondary N) is 4. The minimum Gasteiger partial charge on any atom is -0.384 e. The molecular weight excluding hydrogens is 400 g/mol. The van der Waals surface area contributed by atoms with Gasteiger partial charge in [0.15, 0.2) is 0 Å². The van der Waals surface area contributed by atoms with Gasteiger partial charge >= 0.3 is 16.2 Å². The average Bonchev–Trinajstić information content (AvgIpc) is 3.44. The summed E-state index contributed by atoms with van der Waals surface area (Å²) in [7, 11) is -3.89. The van der Waals surface area contributed by atoms with Gasteiger partial charge in [-0.05, 0) is 61.7 Å². The highest BCUT2D eigenvalue weighted by molar-refractivity contribution is 7.88. The molecule has 0 aromatic rings. The highest BCUT2D eigenvalue weighted by Crippen LogP contribution is 2.52. The van der Waals surface area contributed by atoms with Crippen LogP contribution in [0.15, 0.2) is 11.8 Å². The molecule has 4 N–H and O–H groups in total. The van der Waals surface area contributed by atoms with E-state index in [0.717, 1.165) is 25.0 Å². The van der Waals surface area contributed by atoms with Crippen LogP contribution in [0.3, 0.4) is 0 Å². The van der Waals surface area contributed by atoms with Crippen LogP contribution in [-0.4, -0.2) is 33.1 Å². The van der Waals surface area contributed by atoms with Crippen molar-refractivity contribution in [3.05, 3.63) is 11.8 Å². The van der Waals surface area contributed by atoms with Gasteiger partial charge in [-0.25, -0.2) is 9.52 Å². The monoisotopic (exact) mass is 436 g/mol. The summed E-state index contributed by atoms with van der Waals surface area (Å²) in [5, 5.41) is 6.53. The van der Waals surface area contributed by atoms with E-state index in [1.807, 2.05) is 0 Å². The van der Waals surface area contributed by atoms with Crippen LogP contribution in [0, 0.1) is 29.6 Å². The first kappa shape index (κ1) is 20.6. The lowest BCUT2D eigenvalue weighted by molar-refractivity contribution is 0.106. The topological polar surface area (TPSA) is 99.3 Å². The Morgan fingerprint density at radius 1 is 0.967 bits per heavy atom. The van der Waals surface area contributed by atoms with Gasteiger partial charge in [0.25, 0.3) is 0 Å². The van der Waals surface area contributed by atoms with Crippen molar-refractivity contribution >= 4 is 16.2 Å². The molecule has 8 heteroatoms. The number of fused-ring (bicyclic) bond motifs is 3. The molecule has 4 fully saturated rings. The van der Waals surface area contributed by atoms with Crippen molar-refractivity contribution in [1.29, 1.82) is 0 Å². The lowest BCUT2D eigenvalue weighted by Crippen LogP contribution is -2.55. The summed E-state index contributed by atoms with van der Waals surface area (Å²) in [6.07, 6.45) is 15.6. The Balaban J connectivity index is 1.15. The molecule has 4 aliphatic carbocycles. The lowest BCUT2D eigenvalue weighted by Gasteiger charge is -2.42. The summed E-state index contributed by atoms with van der Waals surface area (Å²) in [4.78, 5) is 12.6. The van der Waals surface area contributed by atoms with Crippen molar-refractivity contribution < 1.29 is 13.2 Å². The second-order valence-electron chi connectivity index (χ2n) is 10.3. The number of amides is 2. The fraction of sp³-hybridized carbons (Fsp3) is 0.864. The number of hydrogen-bond donors (Lipinski definition) is 4. The molecule has 0 aromatic heterocycles. The molecule has 168 valence electrons. The van der Waals surface area contributed by atoms with Gasteiger partial charge < -0.3 is 10.6 Å². The fourth-order valence-electron chi connectivity index (χ4n) is 7.29. The van der Waals surface area contributed by atoms with Crippen molar-refractivity contribution in [1.82, 2.24) is 20.1 Å². The number of rotatable bonds is 5. The molecule has 0 radical (unpaired) electrons. The standard InChI is InChI=1S/C22H36N4O3S/c27-22(25-21-18-8-3-6-14(18)11-15-7-4-9-19(15)21)26-30(28,29)23-13-17-12-16-5-1-2-10-20(16)24-17/h12,14-16,18-21,23-24H,1-11,13H2,(H2,25,26,27). The van der Waals surface area contributed by atoms with Crippen LogP contribution in [0.1, 0.15) is 70.6 Å². The Morgan fingerprint density at radius 3 is 2.37 bits per heavy atom. The van der Waals surface area contributed by atoms with Gasteiger partial charge in [0.05, 0.1) is 6.54 Å². The molecule has 6 atom stereocenters. The van der Waals surface area contributed by atoms with Crippen LogP contribution >= 0.6 is 0 Å². The van der Waals surface area contributed by atoms with E-state index in [1.165, 1.54) is 51.4 Å². The van der Waals surface area contributed by atoms with Crippen LogP contribution in [0.25, 0.3) is 0 Å². The van der Waals surface area contributed by atoms with Crippen LogP contribution in [0.5, 0.6) is 0 Å². The zero-order valence-corrected chi connectivity index (χ0v) is 18.6. The van der Waals surface area contributed by atoms with E-state index < -0.39 is 16.2 Å². The predicted molar refractivity (Wildman–Crippen MR) is 116 cm³/mol. The lowest BCUT2D eigenvalue weighted by atomic mass is 9.67. The first-order valence-electron chi connectivity index (χ1n) is 12.0. The molecule has 1 aliphatic heterocycles. The zero-order valence-electron chi connectivity index (χ0n) is 17.7. The smallest absolute Gasteiger partial charge is 0.329 e. The van der Waals surface area contributed by atoms with Crippen molar-refractivity contribution in [2.45, 2.75) is 82.7 Å². The normalized spacial score (nSPS) is 40.0. The molecule has 5 aliphatic rings. The Bertz CT molecular complexity index is 778. The Hall–Kier alpha value is -1.28. The Labute approximate surface area is 180 Å². The van der Waals surface area contributed by atoms with Gasteiger partial charge in [-0.15, -0.1) is 0 Å². The summed E-state index contributed by atoms with van der Waals surface area (Å²) >= 11 is 0. The van der Waals surface area contributed by atoms with E-state index >= 15 is 0 Å². The molecule has 0 aromatic carbocycles. The van der Waals surface area contributed by atoms with E-state index in [0.29, 0.717) is 35.6 Å². The SMILES string of the molecule is O=C(NC1C2CCCC2CC2CCCC21)NS(=O)(=O)NCC1=CC2CCCCC2N1. The second-order valence-corrected chi connectivity index (χ2v) is 11.8. The molecule has 2 amide bonds. The highest BCUT2D eigenvalue weighted by atomic mass is 32.2. The third-order valence-electron chi connectivity index (χ3n) is 8.55. The van der Waals surface area contributed by atoms with Gasteiger partial charge in [0, 0.05) is 17.8 Å². The van der Waals surface area contributed by atoms with Crippen LogP contribution in [-0.2, 0) is 10.2 Å². The van der Waals surface area contributed by atoms with E-state index in [1.54, 1.807) is 0 Å². The summed E-state index contributed by atoms with van der Waals surface area (Å²) in [6.45, 7) is 0.203. The third kappa shape index (κ3) is 4.22. The fourth-order valence-corrected chi connectivity index (χ4v) is 8.01. The summed E-state index contributed by atoms with van der Waals surface area (Å²) in [5.74, 6) is 2.95. The Kier molecular flexibility index (Phi) is 5.73. The van der Waals surface area contributed by atoms with Crippen molar-refractivity contribution in [2.24, 2.45) is 29.6 Å². The van der Waals surface area contributed by atoms with E-state index in [4.69, 9.17) is 0 Å². The first-order valence-corrected chi connectivity index (χ1v) is 13.5. The summed E-state index contributed by atoms with van der Waals surface area (Å²) < 4.78 is 29.7. The van der Waals surface area contributed by atoms with E-state index in [2.05, 4.69) is 26.2 Å². The van der Waals surface area contributed by atoms with E-state index in [9.17, 15) is 13.2 Å². The summed E-state index contributed by atoms with van der Waals surface area (Å²) in [6, 6.07) is -0.0106. The third-order valence-corrected chi connectivity index (χ3v) is 9.53. The molecular formula is C22H36N4O3S. The highest BCUT2D eigenvalue weighted by Gasteiger charge is 2.48. The molecule has 4 saturated carbocycles. The van der Waals surface area contributed by atoms with E-state index in [-0.39, 0.29) is 12.6 Å². The maximum atomic E-state index is 12.6. The van der Waals surface area contributed by atoms with Gasteiger partial charge in [-0.2, -0.15) is 13.1 Å². The first-order chi connectivity index (χ1) is 14.5. The quantitative estimate of drug-likeness (QED) is 0.532. The maximum Gasteiger partial charge on any atom is 0.329 e. The second kappa shape index (κ2) is 8.34. The van der Waals surface area contributed by atoms with Gasteiger partial charge in [0.1, 0.15) is 0 Å². The van der Waals surface area contributed by atoms with Gasteiger partial charge in [-0.3, -0.25) is 0 Å². The molecule has 0 spiro atoms. The molecule has 30 heavy (non-hydrogen) atoms. The number of carbonyl (C=O) groups excluding carboxylic acids is 1. The van der Waals surface area contributed by atoms with Gasteiger partial charge in [0.2, 0.25) is 0 Å². The van der Waals surface area contributed by atoms with Gasteiger partial charge in [-0.1, -0.05) is 44.6 Å². The van der Waals surface area contributed by atoms with Crippen molar-refractivity contribution in [3.63, 3.8) is 0 Å². The molecule has 0 bridgehead atoms. The van der Waals surface area contributed by atoms with Crippen LogP contribution in [0.2, 0.25) is 0 Å². The van der Waals surface area contributed by atoms with Crippen molar-refractivity contribution in [3.8, 4) is 0 Å². The minimum absolute atomic E-state index is 0.122. The molecule has 7 nitrogen and oxygen atoms in total. The molecule has 5 rings (SSSR count). The average molecular weight is 437 g/mol. The molecule has 1 heterocycles. The Morgan fingerprint density at radius 2 is 1.67 bits per heavy atom. The minimum atomic E-state index is -3.89. The maximum absolute atomic E-state index is 12.6. The number of urea groups is 1. The van der Waals surface area contributed by atoms with Crippen LogP contribution < -0.4 is 20.1 Å². The van der Waals surface area contributed by atoms with Crippen molar-refractivity contribution in [2.75, 3.05) is 6.54 Å². The number of carbonyl (C=O) groups is 1. The largest absolute Gasteiger partial charge is 0.384 e.